The Morgan fingerprint density at radius 3 is 3.00 bits per heavy atom. The predicted octanol–water partition coefficient (Wildman–Crippen LogP) is 2.00. The molecule has 1 aromatic rings. The fourth-order valence-electron chi connectivity index (χ4n) is 5.87. The standard InChI is InChI=1S/C21H26N2O3/c1-22(2)10-16-17-11-23(12-21(17)9-8-19(16)26-21)20(25)15-5-3-4-14-13(15)6-7-18(14)24/h3-5,16-17,19H,6-12H2,1-2H3/t16-,17+,19+,21+/m1/s1. The summed E-state index contributed by atoms with van der Waals surface area (Å²) in [5, 5.41) is 0. The molecule has 3 heterocycles. The topological polar surface area (TPSA) is 49.9 Å². The maximum Gasteiger partial charge on any atom is 0.254 e. The smallest absolute Gasteiger partial charge is 0.254 e. The van der Waals surface area contributed by atoms with Gasteiger partial charge in [0.05, 0.1) is 18.2 Å². The molecule has 1 amide bonds. The summed E-state index contributed by atoms with van der Waals surface area (Å²) in [5.74, 6) is 1.20. The van der Waals surface area contributed by atoms with Gasteiger partial charge in [0.15, 0.2) is 5.78 Å². The first-order valence-electron chi connectivity index (χ1n) is 9.75. The molecule has 5 nitrogen and oxygen atoms in total. The molecule has 26 heavy (non-hydrogen) atoms. The number of benzene rings is 1. The van der Waals surface area contributed by atoms with Gasteiger partial charge < -0.3 is 14.5 Å². The Morgan fingerprint density at radius 2 is 2.19 bits per heavy atom. The predicted molar refractivity (Wildman–Crippen MR) is 97.4 cm³/mol. The monoisotopic (exact) mass is 354 g/mol. The molecule has 3 fully saturated rings. The van der Waals surface area contributed by atoms with Crippen LogP contribution in [0.1, 0.15) is 45.5 Å². The van der Waals surface area contributed by atoms with Crippen LogP contribution in [0.2, 0.25) is 0 Å². The summed E-state index contributed by atoms with van der Waals surface area (Å²) in [6, 6.07) is 5.60. The zero-order valence-electron chi connectivity index (χ0n) is 15.5. The lowest BCUT2D eigenvalue weighted by Gasteiger charge is -2.30. The van der Waals surface area contributed by atoms with Crippen LogP contribution >= 0.6 is 0 Å². The van der Waals surface area contributed by atoms with Gasteiger partial charge >= 0.3 is 0 Å². The van der Waals surface area contributed by atoms with Gasteiger partial charge in [-0.25, -0.2) is 0 Å². The minimum Gasteiger partial charge on any atom is -0.369 e. The van der Waals surface area contributed by atoms with Gasteiger partial charge in [0, 0.05) is 42.5 Å². The third-order valence-corrected chi connectivity index (χ3v) is 6.96. The highest BCUT2D eigenvalue weighted by molar-refractivity contribution is 6.05. The van der Waals surface area contributed by atoms with Crippen LogP contribution in [0.25, 0.3) is 0 Å². The van der Waals surface area contributed by atoms with Crippen LogP contribution in [0.5, 0.6) is 0 Å². The van der Waals surface area contributed by atoms with Crippen molar-refractivity contribution >= 4 is 11.7 Å². The number of amides is 1. The Bertz CT molecular complexity index is 789. The third kappa shape index (κ3) is 2.23. The summed E-state index contributed by atoms with van der Waals surface area (Å²) in [6.45, 7) is 2.51. The highest BCUT2D eigenvalue weighted by Crippen LogP contribution is 2.55. The summed E-state index contributed by atoms with van der Waals surface area (Å²) in [5.41, 5.74) is 2.29. The van der Waals surface area contributed by atoms with Crippen LogP contribution in [-0.2, 0) is 11.2 Å². The molecule has 3 aliphatic heterocycles. The molecule has 4 aliphatic rings. The van der Waals surface area contributed by atoms with Crippen LogP contribution in [-0.4, -0.2) is 66.9 Å². The third-order valence-electron chi connectivity index (χ3n) is 6.96. The average Bonchev–Trinajstić information content (AvgIpc) is 3.35. The second-order valence-corrected chi connectivity index (χ2v) is 8.73. The van der Waals surface area contributed by atoms with E-state index in [4.69, 9.17) is 4.74 Å². The van der Waals surface area contributed by atoms with E-state index in [0.717, 1.165) is 42.6 Å². The van der Waals surface area contributed by atoms with E-state index in [1.807, 2.05) is 23.1 Å². The van der Waals surface area contributed by atoms with Crippen molar-refractivity contribution in [1.29, 1.82) is 0 Å². The van der Waals surface area contributed by atoms with Crippen molar-refractivity contribution in [1.82, 2.24) is 9.80 Å². The van der Waals surface area contributed by atoms with Crippen molar-refractivity contribution < 1.29 is 14.3 Å². The minimum atomic E-state index is -0.130. The fourth-order valence-corrected chi connectivity index (χ4v) is 5.87. The van der Waals surface area contributed by atoms with Crippen LogP contribution in [0.4, 0.5) is 0 Å². The van der Waals surface area contributed by atoms with Crippen LogP contribution < -0.4 is 0 Å². The van der Waals surface area contributed by atoms with Gasteiger partial charge in [-0.3, -0.25) is 9.59 Å². The molecule has 0 saturated carbocycles. The zero-order chi connectivity index (χ0) is 18.1. The Balaban J connectivity index is 1.42. The lowest BCUT2D eigenvalue weighted by Crippen LogP contribution is -2.40. The molecule has 5 heteroatoms. The number of ketones is 1. The summed E-state index contributed by atoms with van der Waals surface area (Å²) in [4.78, 5) is 29.5. The van der Waals surface area contributed by atoms with Gasteiger partial charge in [0.25, 0.3) is 5.91 Å². The number of hydrogen-bond acceptors (Lipinski definition) is 4. The van der Waals surface area contributed by atoms with Crippen LogP contribution in [0, 0.1) is 11.8 Å². The van der Waals surface area contributed by atoms with E-state index in [-0.39, 0.29) is 17.3 Å². The molecule has 0 unspecified atom stereocenters. The largest absolute Gasteiger partial charge is 0.369 e. The van der Waals surface area contributed by atoms with E-state index < -0.39 is 0 Å². The molecule has 3 saturated heterocycles. The highest BCUT2D eigenvalue weighted by atomic mass is 16.5. The van der Waals surface area contributed by atoms with E-state index in [2.05, 4.69) is 19.0 Å². The number of ether oxygens (including phenoxy) is 1. The second-order valence-electron chi connectivity index (χ2n) is 8.73. The molecule has 4 atom stereocenters. The molecule has 2 bridgehead atoms. The van der Waals surface area contributed by atoms with E-state index in [1.165, 1.54) is 0 Å². The number of carbonyl (C=O) groups is 2. The second kappa shape index (κ2) is 5.64. The zero-order valence-corrected chi connectivity index (χ0v) is 15.5. The molecule has 0 N–H and O–H groups in total. The molecular weight excluding hydrogens is 328 g/mol. The summed E-state index contributed by atoms with van der Waals surface area (Å²) in [6.07, 6.45) is 3.77. The van der Waals surface area contributed by atoms with Crippen molar-refractivity contribution in [3.63, 3.8) is 0 Å². The van der Waals surface area contributed by atoms with Crippen molar-refractivity contribution in [3.05, 3.63) is 34.9 Å². The van der Waals surface area contributed by atoms with Crippen molar-refractivity contribution in [3.8, 4) is 0 Å². The first-order chi connectivity index (χ1) is 12.5. The first kappa shape index (κ1) is 16.5. The quantitative estimate of drug-likeness (QED) is 0.833. The number of fused-ring (bicyclic) bond motifs is 2. The molecule has 0 radical (unpaired) electrons. The Labute approximate surface area is 154 Å². The highest BCUT2D eigenvalue weighted by Gasteiger charge is 2.63. The molecular formula is C21H26N2O3. The first-order valence-corrected chi connectivity index (χ1v) is 9.75. The molecule has 5 rings (SSSR count). The number of carbonyl (C=O) groups excluding carboxylic acids is 2. The van der Waals surface area contributed by atoms with Gasteiger partial charge in [-0.2, -0.15) is 0 Å². The molecule has 1 aromatic carbocycles. The Morgan fingerprint density at radius 1 is 1.35 bits per heavy atom. The van der Waals surface area contributed by atoms with E-state index >= 15 is 0 Å². The summed E-state index contributed by atoms with van der Waals surface area (Å²) >= 11 is 0. The summed E-state index contributed by atoms with van der Waals surface area (Å²) in [7, 11) is 4.22. The number of hydrogen-bond donors (Lipinski definition) is 0. The van der Waals surface area contributed by atoms with Crippen molar-refractivity contribution in [2.75, 3.05) is 33.7 Å². The number of rotatable bonds is 3. The lowest BCUT2D eigenvalue weighted by molar-refractivity contribution is 0.00255. The normalized spacial score (nSPS) is 34.7. The molecule has 138 valence electrons. The average molecular weight is 354 g/mol. The maximum atomic E-state index is 13.3. The Hall–Kier alpha value is -1.72. The van der Waals surface area contributed by atoms with Crippen molar-refractivity contribution in [2.24, 2.45) is 11.8 Å². The Kier molecular flexibility index (Phi) is 3.57. The number of Topliss-reactive ketones (excluding diaryl/α,β-unsaturated/α-hetero) is 1. The van der Waals surface area contributed by atoms with E-state index in [9.17, 15) is 9.59 Å². The van der Waals surface area contributed by atoms with E-state index in [0.29, 0.717) is 37.3 Å². The van der Waals surface area contributed by atoms with E-state index in [1.54, 1.807) is 0 Å². The van der Waals surface area contributed by atoms with Gasteiger partial charge in [-0.05, 0) is 45.0 Å². The van der Waals surface area contributed by atoms with Gasteiger partial charge in [0.1, 0.15) is 0 Å². The van der Waals surface area contributed by atoms with Crippen LogP contribution in [0.15, 0.2) is 18.2 Å². The van der Waals surface area contributed by atoms with Gasteiger partial charge in [-0.1, -0.05) is 12.1 Å². The number of nitrogens with zero attached hydrogens (tertiary/aromatic N) is 2. The lowest BCUT2D eigenvalue weighted by atomic mass is 9.73. The minimum absolute atomic E-state index is 0.0796. The summed E-state index contributed by atoms with van der Waals surface area (Å²) < 4.78 is 6.45. The number of likely N-dealkylation sites (tertiary alicyclic amines) is 1. The fraction of sp³-hybridized carbons (Fsp3) is 0.619. The molecule has 1 aliphatic carbocycles. The van der Waals surface area contributed by atoms with Crippen LogP contribution in [0.3, 0.4) is 0 Å². The van der Waals surface area contributed by atoms with Gasteiger partial charge in [-0.15, -0.1) is 0 Å². The molecule has 0 aromatic heterocycles. The SMILES string of the molecule is CN(C)C[C@H]1[C@@H]2CC[C@@]3(CN(C(=O)c4cccc5c4CCC5=O)C[C@@H]13)O2. The van der Waals surface area contributed by atoms with Gasteiger partial charge in [0.2, 0.25) is 0 Å². The molecule has 1 spiro atoms. The maximum absolute atomic E-state index is 13.3. The van der Waals surface area contributed by atoms with Crippen molar-refractivity contribution in [2.45, 2.75) is 37.4 Å².